The highest BCUT2D eigenvalue weighted by atomic mass is 16.5. The van der Waals surface area contributed by atoms with Crippen molar-refractivity contribution in [2.24, 2.45) is 5.41 Å². The van der Waals surface area contributed by atoms with E-state index in [0.29, 0.717) is 5.41 Å². The van der Waals surface area contributed by atoms with Gasteiger partial charge in [0.1, 0.15) is 11.5 Å². The fraction of sp³-hybridized carbons (Fsp3) is 0.647. The van der Waals surface area contributed by atoms with Crippen LogP contribution in [0.3, 0.4) is 0 Å². The van der Waals surface area contributed by atoms with Crippen molar-refractivity contribution in [2.45, 2.75) is 44.6 Å². The molecule has 3 heteroatoms. The molecule has 0 aliphatic heterocycles. The van der Waals surface area contributed by atoms with Gasteiger partial charge >= 0.3 is 0 Å². The molecular formula is C17H25NO2. The number of hydrogen-bond acceptors (Lipinski definition) is 3. The lowest BCUT2D eigenvalue weighted by molar-refractivity contribution is 0.0916. The highest BCUT2D eigenvalue weighted by Crippen LogP contribution is 2.44. The molecule has 2 saturated carbocycles. The van der Waals surface area contributed by atoms with E-state index < -0.39 is 0 Å². The van der Waals surface area contributed by atoms with E-state index in [1.807, 2.05) is 24.3 Å². The molecule has 2 aliphatic carbocycles. The van der Waals surface area contributed by atoms with E-state index in [4.69, 9.17) is 9.47 Å². The first-order valence-electron chi connectivity index (χ1n) is 7.80. The van der Waals surface area contributed by atoms with Crippen LogP contribution in [-0.2, 0) is 0 Å². The van der Waals surface area contributed by atoms with E-state index >= 15 is 0 Å². The van der Waals surface area contributed by atoms with E-state index in [0.717, 1.165) is 24.1 Å². The monoisotopic (exact) mass is 275 g/mol. The topological polar surface area (TPSA) is 30.5 Å². The molecule has 0 aromatic heterocycles. The van der Waals surface area contributed by atoms with Crippen LogP contribution in [0.2, 0.25) is 0 Å². The van der Waals surface area contributed by atoms with Gasteiger partial charge in [0.05, 0.1) is 13.7 Å². The third kappa shape index (κ3) is 3.45. The second-order valence-corrected chi connectivity index (χ2v) is 6.28. The summed E-state index contributed by atoms with van der Waals surface area (Å²) in [6.07, 6.45) is 8.02. The zero-order chi connectivity index (χ0) is 13.8. The maximum Gasteiger partial charge on any atom is 0.119 e. The Morgan fingerprint density at radius 1 is 1.15 bits per heavy atom. The van der Waals surface area contributed by atoms with Crippen LogP contribution in [0.15, 0.2) is 24.3 Å². The smallest absolute Gasteiger partial charge is 0.119 e. The molecular weight excluding hydrogens is 250 g/mol. The molecule has 110 valence electrons. The average molecular weight is 275 g/mol. The maximum atomic E-state index is 5.88. The minimum absolute atomic E-state index is 0.509. The number of rotatable bonds is 8. The van der Waals surface area contributed by atoms with E-state index in [9.17, 15) is 0 Å². The standard InChI is InChI=1S/C17H25NO2/c1-19-15-5-7-16(8-6-15)20-12-11-17(9-2-10-17)13-18-14-3-4-14/h5-8,14,18H,2-4,9-13H2,1H3. The number of nitrogens with one attached hydrogen (secondary N) is 1. The Morgan fingerprint density at radius 2 is 1.85 bits per heavy atom. The van der Waals surface area contributed by atoms with Crippen molar-refractivity contribution in [3.8, 4) is 11.5 Å². The van der Waals surface area contributed by atoms with Gasteiger partial charge in [-0.2, -0.15) is 0 Å². The Morgan fingerprint density at radius 3 is 2.40 bits per heavy atom. The predicted molar refractivity (Wildman–Crippen MR) is 80.4 cm³/mol. The van der Waals surface area contributed by atoms with Gasteiger partial charge < -0.3 is 14.8 Å². The lowest BCUT2D eigenvalue weighted by atomic mass is 9.66. The number of benzene rings is 1. The number of ether oxygens (including phenoxy) is 2. The average Bonchev–Trinajstić information content (AvgIpc) is 3.26. The third-order valence-corrected chi connectivity index (χ3v) is 4.72. The van der Waals surface area contributed by atoms with Gasteiger partial charge in [-0.3, -0.25) is 0 Å². The Bertz CT molecular complexity index is 421. The zero-order valence-corrected chi connectivity index (χ0v) is 12.4. The molecule has 2 aliphatic rings. The summed E-state index contributed by atoms with van der Waals surface area (Å²) in [6, 6.07) is 8.67. The molecule has 2 fully saturated rings. The lowest BCUT2D eigenvalue weighted by Gasteiger charge is -2.42. The first kappa shape index (κ1) is 13.7. The van der Waals surface area contributed by atoms with Crippen molar-refractivity contribution in [3.05, 3.63) is 24.3 Å². The van der Waals surface area contributed by atoms with Crippen LogP contribution in [0, 0.1) is 5.41 Å². The van der Waals surface area contributed by atoms with Crippen molar-refractivity contribution < 1.29 is 9.47 Å². The van der Waals surface area contributed by atoms with Crippen LogP contribution < -0.4 is 14.8 Å². The fourth-order valence-electron chi connectivity index (χ4n) is 2.90. The second-order valence-electron chi connectivity index (χ2n) is 6.28. The van der Waals surface area contributed by atoms with Gasteiger partial charge in [0.15, 0.2) is 0 Å². The molecule has 0 unspecified atom stereocenters. The summed E-state index contributed by atoms with van der Waals surface area (Å²) in [5, 5.41) is 3.69. The summed E-state index contributed by atoms with van der Waals surface area (Å²) < 4.78 is 11.0. The molecule has 1 aromatic rings. The zero-order valence-electron chi connectivity index (χ0n) is 12.4. The minimum Gasteiger partial charge on any atom is -0.497 e. The highest BCUT2D eigenvalue weighted by molar-refractivity contribution is 5.31. The summed E-state index contributed by atoms with van der Waals surface area (Å²) >= 11 is 0. The van der Waals surface area contributed by atoms with Crippen molar-refractivity contribution in [3.63, 3.8) is 0 Å². The van der Waals surface area contributed by atoms with Gasteiger partial charge in [-0.15, -0.1) is 0 Å². The van der Waals surface area contributed by atoms with Crippen LogP contribution >= 0.6 is 0 Å². The molecule has 0 radical (unpaired) electrons. The molecule has 3 nitrogen and oxygen atoms in total. The van der Waals surface area contributed by atoms with E-state index in [1.165, 1.54) is 45.1 Å². The van der Waals surface area contributed by atoms with E-state index in [2.05, 4.69) is 5.32 Å². The summed E-state index contributed by atoms with van der Waals surface area (Å²) in [5.41, 5.74) is 0.509. The minimum atomic E-state index is 0.509. The predicted octanol–water partition coefficient (Wildman–Crippen LogP) is 3.39. The summed E-state index contributed by atoms with van der Waals surface area (Å²) in [5.74, 6) is 1.82. The molecule has 0 amide bonds. The molecule has 0 atom stereocenters. The third-order valence-electron chi connectivity index (χ3n) is 4.72. The van der Waals surface area contributed by atoms with Crippen molar-refractivity contribution >= 4 is 0 Å². The van der Waals surface area contributed by atoms with Gasteiger partial charge in [-0.1, -0.05) is 6.42 Å². The quantitative estimate of drug-likeness (QED) is 0.789. The van der Waals surface area contributed by atoms with Crippen LogP contribution in [0.1, 0.15) is 38.5 Å². The molecule has 0 bridgehead atoms. The van der Waals surface area contributed by atoms with Crippen LogP contribution in [-0.4, -0.2) is 26.3 Å². The number of hydrogen-bond donors (Lipinski definition) is 1. The molecule has 1 aromatic carbocycles. The Kier molecular flexibility index (Phi) is 4.16. The first-order valence-corrected chi connectivity index (χ1v) is 7.80. The molecule has 0 heterocycles. The van der Waals surface area contributed by atoms with Crippen molar-refractivity contribution in [2.75, 3.05) is 20.3 Å². The van der Waals surface area contributed by atoms with E-state index in [-0.39, 0.29) is 0 Å². The Labute approximate surface area is 121 Å². The molecule has 1 N–H and O–H groups in total. The van der Waals surface area contributed by atoms with Gasteiger partial charge in [0.25, 0.3) is 0 Å². The van der Waals surface area contributed by atoms with E-state index in [1.54, 1.807) is 7.11 Å². The largest absolute Gasteiger partial charge is 0.497 e. The molecule has 20 heavy (non-hydrogen) atoms. The second kappa shape index (κ2) is 6.04. The molecule has 3 rings (SSSR count). The van der Waals surface area contributed by atoms with Gasteiger partial charge in [-0.25, -0.2) is 0 Å². The SMILES string of the molecule is COc1ccc(OCCC2(CNC3CC3)CCC2)cc1. The summed E-state index contributed by atoms with van der Waals surface area (Å²) in [6.45, 7) is 2.00. The van der Waals surface area contributed by atoms with Gasteiger partial charge in [-0.05, 0) is 61.8 Å². The summed E-state index contributed by atoms with van der Waals surface area (Å²) in [7, 11) is 1.68. The van der Waals surface area contributed by atoms with Gasteiger partial charge in [0, 0.05) is 12.6 Å². The highest BCUT2D eigenvalue weighted by Gasteiger charge is 2.37. The van der Waals surface area contributed by atoms with Crippen molar-refractivity contribution in [1.82, 2.24) is 5.32 Å². The van der Waals surface area contributed by atoms with Crippen molar-refractivity contribution in [1.29, 1.82) is 0 Å². The normalized spacial score (nSPS) is 20.2. The van der Waals surface area contributed by atoms with Crippen LogP contribution in [0.4, 0.5) is 0 Å². The maximum absolute atomic E-state index is 5.88. The summed E-state index contributed by atoms with van der Waals surface area (Å²) in [4.78, 5) is 0. The Balaban J connectivity index is 1.42. The Hall–Kier alpha value is -1.22. The van der Waals surface area contributed by atoms with Crippen LogP contribution in [0.5, 0.6) is 11.5 Å². The first-order chi connectivity index (χ1) is 9.80. The molecule has 0 spiro atoms. The lowest BCUT2D eigenvalue weighted by Crippen LogP contribution is -2.41. The number of methoxy groups -OCH3 is 1. The molecule has 0 saturated heterocycles. The fourth-order valence-corrected chi connectivity index (χ4v) is 2.90. The van der Waals surface area contributed by atoms with Crippen LogP contribution in [0.25, 0.3) is 0 Å². The van der Waals surface area contributed by atoms with Gasteiger partial charge in [0.2, 0.25) is 0 Å².